The maximum absolute atomic E-state index is 13.5. The molecule has 0 aliphatic carbocycles. The molecule has 43 heavy (non-hydrogen) atoms. The third-order valence-corrected chi connectivity index (χ3v) is 7.92. The second-order valence-corrected chi connectivity index (χ2v) is 10.7. The molecule has 5 rings (SSSR count). The minimum absolute atomic E-state index is 0.0235. The zero-order chi connectivity index (χ0) is 30.2. The maximum atomic E-state index is 13.5. The van der Waals surface area contributed by atoms with E-state index in [-0.39, 0.29) is 11.6 Å². The zero-order valence-corrected chi connectivity index (χ0v) is 24.6. The molecule has 0 fully saturated rings. The summed E-state index contributed by atoms with van der Waals surface area (Å²) >= 11 is 1.44. The Bertz CT molecular complexity index is 1650. The van der Waals surface area contributed by atoms with Crippen LogP contribution in [0.4, 0.5) is 11.4 Å². The van der Waals surface area contributed by atoms with Gasteiger partial charge in [0.1, 0.15) is 5.70 Å². The number of methoxy groups -OCH3 is 2. The van der Waals surface area contributed by atoms with Crippen molar-refractivity contribution >= 4 is 46.9 Å². The predicted molar refractivity (Wildman–Crippen MR) is 170 cm³/mol. The highest BCUT2D eigenvalue weighted by atomic mass is 32.2. The number of fused-ring (bicyclic) bond motifs is 1. The van der Waals surface area contributed by atoms with Gasteiger partial charge in [0.2, 0.25) is 5.91 Å². The van der Waals surface area contributed by atoms with E-state index >= 15 is 0 Å². The van der Waals surface area contributed by atoms with Gasteiger partial charge in [0.05, 0.1) is 20.0 Å². The molecule has 9 heteroatoms. The number of para-hydroxylation sites is 2. The van der Waals surface area contributed by atoms with Crippen LogP contribution in [-0.4, -0.2) is 44.2 Å². The van der Waals surface area contributed by atoms with E-state index in [1.807, 2.05) is 41.3 Å². The Morgan fingerprint density at radius 3 is 2.35 bits per heavy atom. The van der Waals surface area contributed by atoms with Crippen molar-refractivity contribution in [3.8, 4) is 11.5 Å². The SMILES string of the molecule is COc1cccc(/C=C(\NC(=O)c2ccccc2)C(=O)Nc2ccc(SCC(=O)N3CCc4ccccc43)cc2)c1OC. The van der Waals surface area contributed by atoms with Crippen LogP contribution in [0.15, 0.2) is 108 Å². The van der Waals surface area contributed by atoms with Crippen molar-refractivity contribution in [1.29, 1.82) is 0 Å². The molecular formula is C34H31N3O5S. The fourth-order valence-electron chi connectivity index (χ4n) is 4.78. The van der Waals surface area contributed by atoms with Crippen molar-refractivity contribution in [2.75, 3.05) is 36.7 Å². The molecule has 0 bridgehead atoms. The number of nitrogens with zero attached hydrogens (tertiary/aromatic N) is 1. The van der Waals surface area contributed by atoms with Crippen LogP contribution >= 0.6 is 11.8 Å². The highest BCUT2D eigenvalue weighted by Gasteiger charge is 2.24. The first-order valence-electron chi connectivity index (χ1n) is 13.7. The van der Waals surface area contributed by atoms with E-state index < -0.39 is 11.8 Å². The number of rotatable bonds is 10. The lowest BCUT2D eigenvalue weighted by atomic mass is 10.1. The number of anilines is 2. The van der Waals surface area contributed by atoms with Crippen LogP contribution in [0.5, 0.6) is 11.5 Å². The molecule has 0 aromatic heterocycles. The summed E-state index contributed by atoms with van der Waals surface area (Å²) < 4.78 is 10.9. The molecule has 3 amide bonds. The minimum atomic E-state index is -0.516. The van der Waals surface area contributed by atoms with Gasteiger partial charge in [-0.05, 0) is 66.6 Å². The molecule has 4 aromatic carbocycles. The number of nitrogens with one attached hydrogen (secondary N) is 2. The standard InChI is InChI=1S/C34H31N3O5S/c1-41-30-14-8-12-25(32(30)42-2)21-28(36-33(39)24-10-4-3-5-11-24)34(40)35-26-15-17-27(18-16-26)43-22-31(38)37-20-19-23-9-6-7-13-29(23)37/h3-18,21H,19-20,22H2,1-2H3,(H,35,40)(H,36,39)/b28-21-. The highest BCUT2D eigenvalue weighted by molar-refractivity contribution is 8.00. The number of benzene rings is 4. The predicted octanol–water partition coefficient (Wildman–Crippen LogP) is 5.79. The summed E-state index contributed by atoms with van der Waals surface area (Å²) in [5.74, 6) is 0.340. The first-order valence-corrected chi connectivity index (χ1v) is 14.7. The molecule has 1 heterocycles. The van der Waals surface area contributed by atoms with Crippen molar-refractivity contribution in [2.45, 2.75) is 11.3 Å². The van der Waals surface area contributed by atoms with Crippen LogP contribution in [-0.2, 0) is 16.0 Å². The second kappa shape index (κ2) is 13.8. The number of hydrogen-bond acceptors (Lipinski definition) is 6. The average Bonchev–Trinajstić information content (AvgIpc) is 3.48. The molecule has 0 saturated heterocycles. The van der Waals surface area contributed by atoms with Gasteiger partial charge in [-0.25, -0.2) is 0 Å². The quantitative estimate of drug-likeness (QED) is 0.178. The summed E-state index contributed by atoms with van der Waals surface area (Å²) in [6, 6.07) is 29.1. The molecule has 4 aromatic rings. The highest BCUT2D eigenvalue weighted by Crippen LogP contribution is 2.32. The van der Waals surface area contributed by atoms with Crippen LogP contribution in [0.2, 0.25) is 0 Å². The van der Waals surface area contributed by atoms with Gasteiger partial charge < -0.3 is 25.0 Å². The van der Waals surface area contributed by atoms with Gasteiger partial charge in [-0.15, -0.1) is 11.8 Å². The molecule has 218 valence electrons. The number of thioether (sulfide) groups is 1. The summed E-state index contributed by atoms with van der Waals surface area (Å²) in [5.41, 5.74) is 3.70. The topological polar surface area (TPSA) is 97.0 Å². The Morgan fingerprint density at radius 2 is 1.60 bits per heavy atom. The first-order chi connectivity index (χ1) is 21.0. The lowest BCUT2D eigenvalue weighted by Crippen LogP contribution is -2.30. The van der Waals surface area contributed by atoms with E-state index in [1.54, 1.807) is 60.7 Å². The molecule has 0 saturated carbocycles. The van der Waals surface area contributed by atoms with E-state index in [0.29, 0.717) is 40.6 Å². The second-order valence-electron chi connectivity index (χ2n) is 9.65. The lowest BCUT2D eigenvalue weighted by molar-refractivity contribution is -0.116. The molecule has 0 atom stereocenters. The summed E-state index contributed by atoms with van der Waals surface area (Å²) in [6.45, 7) is 0.696. The Hall–Kier alpha value is -5.02. The third kappa shape index (κ3) is 7.07. The number of carbonyl (C=O) groups is 3. The summed E-state index contributed by atoms with van der Waals surface area (Å²) in [5, 5.41) is 5.59. The van der Waals surface area contributed by atoms with Crippen LogP contribution in [0.1, 0.15) is 21.5 Å². The van der Waals surface area contributed by atoms with Crippen molar-refractivity contribution in [1.82, 2.24) is 5.32 Å². The number of ether oxygens (including phenoxy) is 2. The molecule has 8 nitrogen and oxygen atoms in total. The lowest BCUT2D eigenvalue weighted by Gasteiger charge is -2.17. The van der Waals surface area contributed by atoms with E-state index in [9.17, 15) is 14.4 Å². The number of amides is 3. The molecule has 1 aliphatic rings. The van der Waals surface area contributed by atoms with E-state index in [4.69, 9.17) is 9.47 Å². The Labute approximate surface area is 254 Å². The fourth-order valence-corrected chi connectivity index (χ4v) is 5.55. The maximum Gasteiger partial charge on any atom is 0.272 e. The van der Waals surface area contributed by atoms with Crippen LogP contribution in [0.25, 0.3) is 6.08 Å². The number of carbonyl (C=O) groups excluding carboxylic acids is 3. The van der Waals surface area contributed by atoms with Crippen molar-refractivity contribution in [2.24, 2.45) is 0 Å². The Balaban J connectivity index is 1.29. The van der Waals surface area contributed by atoms with Crippen molar-refractivity contribution < 1.29 is 23.9 Å². The number of hydrogen-bond donors (Lipinski definition) is 2. The van der Waals surface area contributed by atoms with Gasteiger partial charge in [0, 0.05) is 33.9 Å². The molecule has 0 radical (unpaired) electrons. The Kier molecular flexibility index (Phi) is 9.43. The van der Waals surface area contributed by atoms with Crippen molar-refractivity contribution in [3.63, 3.8) is 0 Å². The monoisotopic (exact) mass is 593 g/mol. The van der Waals surface area contributed by atoms with Gasteiger partial charge in [-0.2, -0.15) is 0 Å². The fraction of sp³-hybridized carbons (Fsp3) is 0.147. The summed E-state index contributed by atoms with van der Waals surface area (Å²) in [6.07, 6.45) is 2.41. The summed E-state index contributed by atoms with van der Waals surface area (Å²) in [4.78, 5) is 42.1. The minimum Gasteiger partial charge on any atom is -0.493 e. The van der Waals surface area contributed by atoms with E-state index in [1.165, 1.54) is 31.5 Å². The molecular weight excluding hydrogens is 562 g/mol. The van der Waals surface area contributed by atoms with Crippen molar-refractivity contribution in [3.05, 3.63) is 119 Å². The van der Waals surface area contributed by atoms with Gasteiger partial charge >= 0.3 is 0 Å². The van der Waals surface area contributed by atoms with E-state index in [2.05, 4.69) is 16.7 Å². The van der Waals surface area contributed by atoms with Crippen LogP contribution < -0.4 is 25.0 Å². The van der Waals surface area contributed by atoms with Crippen LogP contribution in [0.3, 0.4) is 0 Å². The summed E-state index contributed by atoms with van der Waals surface area (Å²) in [7, 11) is 3.04. The Morgan fingerprint density at radius 1 is 0.860 bits per heavy atom. The van der Waals surface area contributed by atoms with Gasteiger partial charge in [0.25, 0.3) is 11.8 Å². The average molecular weight is 594 g/mol. The largest absolute Gasteiger partial charge is 0.493 e. The molecule has 1 aliphatic heterocycles. The van der Waals surface area contributed by atoms with Gasteiger partial charge in [-0.1, -0.05) is 48.5 Å². The molecule has 0 unspecified atom stereocenters. The zero-order valence-electron chi connectivity index (χ0n) is 23.8. The van der Waals surface area contributed by atoms with Gasteiger partial charge in [0.15, 0.2) is 11.5 Å². The van der Waals surface area contributed by atoms with Gasteiger partial charge in [-0.3, -0.25) is 14.4 Å². The van der Waals surface area contributed by atoms with E-state index in [0.717, 1.165) is 17.0 Å². The normalized spacial score (nSPS) is 12.3. The first kappa shape index (κ1) is 29.5. The smallest absolute Gasteiger partial charge is 0.272 e. The molecule has 2 N–H and O–H groups in total. The molecule has 0 spiro atoms. The van der Waals surface area contributed by atoms with Crippen LogP contribution in [0, 0.1) is 0 Å². The third-order valence-electron chi connectivity index (χ3n) is 6.92.